The van der Waals surface area contributed by atoms with Crippen molar-refractivity contribution in [3.8, 4) is 6.07 Å². The topological polar surface area (TPSA) is 49.1 Å². The molecule has 0 radical (unpaired) electrons. The van der Waals surface area contributed by atoms with Gasteiger partial charge in [0.2, 0.25) is 0 Å². The largest absolute Gasteiger partial charge is 0.433 e. The number of pyridine rings is 1. The number of hydrogen-bond donors (Lipinski definition) is 0. The minimum atomic E-state index is -4.51. The van der Waals surface area contributed by atoms with Crippen LogP contribution in [0.15, 0.2) is 12.1 Å². The predicted molar refractivity (Wildman–Crippen MR) is 70.8 cm³/mol. The SMILES string of the molecule is CN(CC1CCOCC1)c1nc(C(F)(F)F)ccc1C#N. The summed E-state index contributed by atoms with van der Waals surface area (Å²) in [6.45, 7) is 1.89. The summed E-state index contributed by atoms with van der Waals surface area (Å²) in [6, 6.07) is 3.91. The molecule has 1 aromatic rings. The molecule has 0 aliphatic carbocycles. The van der Waals surface area contributed by atoms with E-state index in [0.29, 0.717) is 25.7 Å². The highest BCUT2D eigenvalue weighted by Gasteiger charge is 2.33. The summed E-state index contributed by atoms with van der Waals surface area (Å²) >= 11 is 0. The summed E-state index contributed by atoms with van der Waals surface area (Å²) < 4.78 is 43.5. The van der Waals surface area contributed by atoms with E-state index in [9.17, 15) is 13.2 Å². The van der Waals surface area contributed by atoms with E-state index in [1.54, 1.807) is 11.9 Å². The lowest BCUT2D eigenvalue weighted by Gasteiger charge is -2.28. The lowest BCUT2D eigenvalue weighted by Crippen LogP contribution is -2.31. The smallest absolute Gasteiger partial charge is 0.381 e. The molecule has 21 heavy (non-hydrogen) atoms. The zero-order valence-corrected chi connectivity index (χ0v) is 11.7. The fraction of sp³-hybridized carbons (Fsp3) is 0.571. The third kappa shape index (κ3) is 3.85. The Morgan fingerprint density at radius 3 is 2.62 bits per heavy atom. The molecule has 0 saturated carbocycles. The first kappa shape index (κ1) is 15.6. The fourth-order valence-electron chi connectivity index (χ4n) is 2.39. The third-order valence-electron chi connectivity index (χ3n) is 3.52. The van der Waals surface area contributed by atoms with Gasteiger partial charge in [-0.25, -0.2) is 4.98 Å². The second-order valence-electron chi connectivity index (χ2n) is 5.11. The first-order valence-corrected chi connectivity index (χ1v) is 6.69. The van der Waals surface area contributed by atoms with E-state index in [4.69, 9.17) is 10.00 Å². The number of nitrogens with zero attached hydrogens (tertiary/aromatic N) is 3. The average Bonchev–Trinajstić information content (AvgIpc) is 2.46. The molecule has 1 aromatic heterocycles. The number of rotatable bonds is 3. The molecule has 1 aliphatic rings. The molecule has 4 nitrogen and oxygen atoms in total. The lowest BCUT2D eigenvalue weighted by atomic mass is 10.00. The molecule has 0 atom stereocenters. The van der Waals surface area contributed by atoms with Crippen molar-refractivity contribution in [1.29, 1.82) is 5.26 Å². The van der Waals surface area contributed by atoms with Crippen LogP contribution in [0, 0.1) is 17.2 Å². The Labute approximate surface area is 121 Å². The highest BCUT2D eigenvalue weighted by atomic mass is 19.4. The number of alkyl halides is 3. The van der Waals surface area contributed by atoms with Crippen molar-refractivity contribution in [2.75, 3.05) is 31.7 Å². The maximum Gasteiger partial charge on any atom is 0.433 e. The van der Waals surface area contributed by atoms with Crippen LogP contribution in [0.3, 0.4) is 0 Å². The Morgan fingerprint density at radius 1 is 1.38 bits per heavy atom. The Morgan fingerprint density at radius 2 is 2.05 bits per heavy atom. The minimum Gasteiger partial charge on any atom is -0.381 e. The molecule has 0 N–H and O–H groups in total. The van der Waals surface area contributed by atoms with Gasteiger partial charge in [-0.1, -0.05) is 0 Å². The molecule has 1 aliphatic heterocycles. The van der Waals surface area contributed by atoms with Crippen LogP contribution in [0.4, 0.5) is 19.0 Å². The summed E-state index contributed by atoms with van der Waals surface area (Å²) in [5.41, 5.74) is -0.826. The van der Waals surface area contributed by atoms with Gasteiger partial charge in [-0.2, -0.15) is 18.4 Å². The number of nitriles is 1. The van der Waals surface area contributed by atoms with Crippen LogP contribution in [0.25, 0.3) is 0 Å². The standard InChI is InChI=1S/C14H16F3N3O/c1-20(9-10-4-6-21-7-5-10)13-11(8-18)2-3-12(19-13)14(15,16)17/h2-3,10H,4-7,9H2,1H3. The quantitative estimate of drug-likeness (QED) is 0.861. The number of ether oxygens (including phenoxy) is 1. The Kier molecular flexibility index (Phi) is 4.68. The molecule has 0 spiro atoms. The van der Waals surface area contributed by atoms with Crippen LogP contribution in [0.5, 0.6) is 0 Å². The number of anilines is 1. The summed E-state index contributed by atoms with van der Waals surface area (Å²) in [4.78, 5) is 5.26. The van der Waals surface area contributed by atoms with E-state index in [1.807, 2.05) is 6.07 Å². The normalized spacial score (nSPS) is 16.5. The molecule has 0 bridgehead atoms. The monoisotopic (exact) mass is 299 g/mol. The summed E-state index contributed by atoms with van der Waals surface area (Å²) in [5.74, 6) is 0.422. The van der Waals surface area contributed by atoms with Crippen molar-refractivity contribution in [2.24, 2.45) is 5.92 Å². The zero-order valence-electron chi connectivity index (χ0n) is 11.7. The molecule has 2 rings (SSSR count). The maximum absolute atomic E-state index is 12.7. The Bertz CT molecular complexity index is 533. The average molecular weight is 299 g/mol. The molecular weight excluding hydrogens is 283 g/mol. The van der Waals surface area contributed by atoms with Crippen molar-refractivity contribution in [3.05, 3.63) is 23.4 Å². The third-order valence-corrected chi connectivity index (χ3v) is 3.52. The van der Waals surface area contributed by atoms with Crippen LogP contribution in [0.1, 0.15) is 24.1 Å². The summed E-state index contributed by atoms with van der Waals surface area (Å²) in [6.07, 6.45) is -2.78. The molecule has 7 heteroatoms. The predicted octanol–water partition coefficient (Wildman–Crippen LogP) is 2.83. The molecule has 1 fully saturated rings. The molecule has 0 amide bonds. The van der Waals surface area contributed by atoms with Gasteiger partial charge < -0.3 is 9.64 Å². The number of halogens is 3. The van der Waals surface area contributed by atoms with Gasteiger partial charge in [-0.15, -0.1) is 0 Å². The zero-order chi connectivity index (χ0) is 15.5. The van der Waals surface area contributed by atoms with Gasteiger partial charge in [0.25, 0.3) is 0 Å². The Balaban J connectivity index is 2.21. The summed E-state index contributed by atoms with van der Waals surface area (Å²) in [5, 5.41) is 9.05. The highest BCUT2D eigenvalue weighted by Crippen LogP contribution is 2.30. The highest BCUT2D eigenvalue weighted by molar-refractivity contribution is 5.54. The second-order valence-corrected chi connectivity index (χ2v) is 5.11. The van der Waals surface area contributed by atoms with E-state index in [0.717, 1.165) is 18.9 Å². The number of hydrogen-bond acceptors (Lipinski definition) is 4. The molecule has 0 unspecified atom stereocenters. The molecule has 0 aromatic carbocycles. The van der Waals surface area contributed by atoms with E-state index in [2.05, 4.69) is 4.98 Å². The molecule has 2 heterocycles. The Hall–Kier alpha value is -1.81. The van der Waals surface area contributed by atoms with Gasteiger partial charge >= 0.3 is 6.18 Å². The van der Waals surface area contributed by atoms with E-state index < -0.39 is 11.9 Å². The van der Waals surface area contributed by atoms with Crippen LogP contribution in [-0.2, 0) is 10.9 Å². The van der Waals surface area contributed by atoms with Gasteiger partial charge in [-0.3, -0.25) is 0 Å². The van der Waals surface area contributed by atoms with Gasteiger partial charge in [0, 0.05) is 26.8 Å². The van der Waals surface area contributed by atoms with E-state index in [-0.39, 0.29) is 11.4 Å². The maximum atomic E-state index is 12.7. The minimum absolute atomic E-state index is 0.0822. The van der Waals surface area contributed by atoms with Crippen LogP contribution in [-0.4, -0.2) is 31.8 Å². The fourth-order valence-corrected chi connectivity index (χ4v) is 2.39. The van der Waals surface area contributed by atoms with Crippen LogP contribution >= 0.6 is 0 Å². The summed E-state index contributed by atoms with van der Waals surface area (Å²) in [7, 11) is 1.67. The number of aromatic nitrogens is 1. The first-order valence-electron chi connectivity index (χ1n) is 6.69. The molecular formula is C14H16F3N3O. The van der Waals surface area contributed by atoms with Crippen molar-refractivity contribution >= 4 is 5.82 Å². The van der Waals surface area contributed by atoms with Gasteiger partial charge in [0.15, 0.2) is 0 Å². The lowest BCUT2D eigenvalue weighted by molar-refractivity contribution is -0.141. The van der Waals surface area contributed by atoms with Crippen molar-refractivity contribution < 1.29 is 17.9 Å². The van der Waals surface area contributed by atoms with Gasteiger partial charge in [0.1, 0.15) is 17.6 Å². The first-order chi connectivity index (χ1) is 9.91. The van der Waals surface area contributed by atoms with Gasteiger partial charge in [0.05, 0.1) is 5.56 Å². The van der Waals surface area contributed by atoms with Crippen LogP contribution in [0.2, 0.25) is 0 Å². The van der Waals surface area contributed by atoms with Crippen molar-refractivity contribution in [3.63, 3.8) is 0 Å². The van der Waals surface area contributed by atoms with Crippen molar-refractivity contribution in [1.82, 2.24) is 4.98 Å². The van der Waals surface area contributed by atoms with E-state index >= 15 is 0 Å². The van der Waals surface area contributed by atoms with Gasteiger partial charge in [-0.05, 0) is 30.9 Å². The van der Waals surface area contributed by atoms with E-state index in [1.165, 1.54) is 6.07 Å². The second kappa shape index (κ2) is 6.31. The van der Waals surface area contributed by atoms with Crippen molar-refractivity contribution in [2.45, 2.75) is 19.0 Å². The molecule has 114 valence electrons. The molecule has 1 saturated heterocycles. The van der Waals surface area contributed by atoms with Crippen LogP contribution < -0.4 is 4.90 Å².